The maximum absolute atomic E-state index is 13.8. The molecule has 20 heavy (non-hydrogen) atoms. The van der Waals surface area contributed by atoms with E-state index in [0.29, 0.717) is 5.76 Å². The number of hydrogen-bond acceptors (Lipinski definition) is 4. The second kappa shape index (κ2) is 6.26. The standard InChI is InChI=1S/C14H12F2N2O2/c15-9-1-2-10(13(16)5-9)12(6-17)11(3-4-19)14-7-18-8-20-14/h1-2,5,7-8,11-12,19H,3-4H2/t11-,12-/m1/s1. The predicted octanol–water partition coefficient (Wildman–Crippen LogP) is 2.73. The fourth-order valence-corrected chi connectivity index (χ4v) is 2.15. The Labute approximate surface area is 114 Å². The zero-order chi connectivity index (χ0) is 14.5. The summed E-state index contributed by atoms with van der Waals surface area (Å²) in [6, 6.07) is 5.05. The summed E-state index contributed by atoms with van der Waals surface area (Å²) >= 11 is 0. The molecule has 104 valence electrons. The molecule has 0 aliphatic heterocycles. The lowest BCUT2D eigenvalue weighted by atomic mass is 9.83. The quantitative estimate of drug-likeness (QED) is 0.912. The number of halogens is 2. The van der Waals surface area contributed by atoms with Crippen LogP contribution in [0.15, 0.2) is 35.2 Å². The van der Waals surface area contributed by atoms with Gasteiger partial charge in [-0.15, -0.1) is 0 Å². The third kappa shape index (κ3) is 2.83. The van der Waals surface area contributed by atoms with Gasteiger partial charge in [-0.1, -0.05) is 6.07 Å². The van der Waals surface area contributed by atoms with E-state index in [-0.39, 0.29) is 18.6 Å². The van der Waals surface area contributed by atoms with Gasteiger partial charge >= 0.3 is 0 Å². The van der Waals surface area contributed by atoms with E-state index in [0.717, 1.165) is 12.1 Å². The van der Waals surface area contributed by atoms with Gasteiger partial charge in [-0.05, 0) is 12.5 Å². The van der Waals surface area contributed by atoms with Crippen LogP contribution < -0.4 is 0 Å². The van der Waals surface area contributed by atoms with Gasteiger partial charge in [-0.25, -0.2) is 13.8 Å². The van der Waals surface area contributed by atoms with E-state index < -0.39 is 23.5 Å². The molecule has 0 bridgehead atoms. The molecule has 0 saturated carbocycles. The van der Waals surface area contributed by atoms with E-state index in [1.807, 2.05) is 6.07 Å². The normalized spacial score (nSPS) is 13.7. The summed E-state index contributed by atoms with van der Waals surface area (Å²) in [5.41, 5.74) is 0.0729. The maximum atomic E-state index is 13.8. The minimum Gasteiger partial charge on any atom is -0.448 e. The van der Waals surface area contributed by atoms with E-state index >= 15 is 0 Å². The second-order valence-electron chi connectivity index (χ2n) is 4.30. The van der Waals surface area contributed by atoms with Gasteiger partial charge in [0.15, 0.2) is 6.39 Å². The Bertz CT molecular complexity index is 608. The molecule has 4 nitrogen and oxygen atoms in total. The molecule has 1 heterocycles. The Balaban J connectivity index is 2.41. The predicted molar refractivity (Wildman–Crippen MR) is 65.7 cm³/mol. The first kappa shape index (κ1) is 14.2. The SMILES string of the molecule is N#C[C@H](c1ccc(F)cc1F)[C@@H](CCO)c1cnco1. The number of aromatic nitrogens is 1. The minimum atomic E-state index is -0.893. The molecular formula is C14H12F2N2O2. The van der Waals surface area contributed by atoms with Crippen molar-refractivity contribution in [3.63, 3.8) is 0 Å². The minimum absolute atomic E-state index is 0.0729. The summed E-state index contributed by atoms with van der Waals surface area (Å²) in [6.07, 6.45) is 2.84. The topological polar surface area (TPSA) is 70.0 Å². The number of nitrogens with zero attached hydrogens (tertiary/aromatic N) is 2. The van der Waals surface area contributed by atoms with Gasteiger partial charge in [0.1, 0.15) is 17.4 Å². The van der Waals surface area contributed by atoms with Crippen LogP contribution in [0.3, 0.4) is 0 Å². The molecule has 1 aromatic carbocycles. The highest BCUT2D eigenvalue weighted by atomic mass is 19.1. The Morgan fingerprint density at radius 1 is 1.40 bits per heavy atom. The van der Waals surface area contributed by atoms with Crippen molar-refractivity contribution in [2.45, 2.75) is 18.3 Å². The van der Waals surface area contributed by atoms with Crippen molar-refractivity contribution in [3.8, 4) is 6.07 Å². The van der Waals surface area contributed by atoms with Crippen molar-refractivity contribution in [2.24, 2.45) is 0 Å². The van der Waals surface area contributed by atoms with Crippen LogP contribution in [0.5, 0.6) is 0 Å². The van der Waals surface area contributed by atoms with Crippen LogP contribution in [0.2, 0.25) is 0 Å². The second-order valence-corrected chi connectivity index (χ2v) is 4.30. The fourth-order valence-electron chi connectivity index (χ4n) is 2.15. The first-order chi connectivity index (χ1) is 9.67. The Hall–Kier alpha value is -2.26. The molecule has 2 aromatic rings. The molecule has 6 heteroatoms. The molecule has 0 aliphatic carbocycles. The lowest BCUT2D eigenvalue weighted by molar-refractivity contribution is 0.262. The number of oxazole rings is 1. The van der Waals surface area contributed by atoms with Crippen LogP contribution in [0.25, 0.3) is 0 Å². The van der Waals surface area contributed by atoms with E-state index in [1.165, 1.54) is 18.7 Å². The number of nitriles is 1. The monoisotopic (exact) mass is 278 g/mol. The highest BCUT2D eigenvalue weighted by molar-refractivity contribution is 5.31. The van der Waals surface area contributed by atoms with Gasteiger partial charge in [0.05, 0.1) is 18.2 Å². The van der Waals surface area contributed by atoms with Crippen molar-refractivity contribution in [2.75, 3.05) is 6.61 Å². The molecule has 0 unspecified atom stereocenters. The third-order valence-electron chi connectivity index (χ3n) is 3.10. The average Bonchev–Trinajstić information content (AvgIpc) is 2.94. The van der Waals surface area contributed by atoms with Gasteiger partial charge in [0.25, 0.3) is 0 Å². The van der Waals surface area contributed by atoms with Crippen molar-refractivity contribution in [1.29, 1.82) is 5.26 Å². The van der Waals surface area contributed by atoms with Crippen molar-refractivity contribution < 1.29 is 18.3 Å². The number of hydrogen-bond donors (Lipinski definition) is 1. The van der Waals surface area contributed by atoms with Crippen LogP contribution >= 0.6 is 0 Å². The molecule has 0 saturated heterocycles. The lowest BCUT2D eigenvalue weighted by Crippen LogP contribution is -2.13. The van der Waals surface area contributed by atoms with Gasteiger partial charge < -0.3 is 9.52 Å². The average molecular weight is 278 g/mol. The first-order valence-electron chi connectivity index (χ1n) is 6.01. The largest absolute Gasteiger partial charge is 0.448 e. The van der Waals surface area contributed by atoms with Crippen LogP contribution in [0.4, 0.5) is 8.78 Å². The first-order valence-corrected chi connectivity index (χ1v) is 6.01. The molecule has 0 aliphatic rings. The summed E-state index contributed by atoms with van der Waals surface area (Å²) in [5, 5.41) is 18.4. The van der Waals surface area contributed by atoms with Gasteiger partial charge in [-0.3, -0.25) is 0 Å². The summed E-state index contributed by atoms with van der Waals surface area (Å²) in [7, 11) is 0. The summed E-state index contributed by atoms with van der Waals surface area (Å²) < 4.78 is 31.9. The van der Waals surface area contributed by atoms with Gasteiger partial charge in [0.2, 0.25) is 0 Å². The summed E-state index contributed by atoms with van der Waals surface area (Å²) in [5.74, 6) is -2.56. The number of aliphatic hydroxyl groups is 1. The molecule has 0 amide bonds. The fraction of sp³-hybridized carbons (Fsp3) is 0.286. The van der Waals surface area contributed by atoms with Gasteiger partial charge in [0, 0.05) is 24.2 Å². The molecular weight excluding hydrogens is 266 g/mol. The van der Waals surface area contributed by atoms with E-state index in [9.17, 15) is 14.0 Å². The highest BCUT2D eigenvalue weighted by Gasteiger charge is 2.29. The van der Waals surface area contributed by atoms with Crippen LogP contribution in [0.1, 0.15) is 29.6 Å². The third-order valence-corrected chi connectivity index (χ3v) is 3.10. The Kier molecular flexibility index (Phi) is 4.43. The summed E-state index contributed by atoms with van der Waals surface area (Å²) in [4.78, 5) is 3.76. The molecule has 0 spiro atoms. The smallest absolute Gasteiger partial charge is 0.180 e. The molecule has 0 radical (unpaired) electrons. The van der Waals surface area contributed by atoms with Crippen LogP contribution in [0, 0.1) is 23.0 Å². The Morgan fingerprint density at radius 2 is 2.20 bits per heavy atom. The van der Waals surface area contributed by atoms with Crippen molar-refractivity contribution in [1.82, 2.24) is 4.98 Å². The van der Waals surface area contributed by atoms with Gasteiger partial charge in [-0.2, -0.15) is 5.26 Å². The number of rotatable bonds is 5. The molecule has 1 aromatic heterocycles. The van der Waals surface area contributed by atoms with Crippen LogP contribution in [-0.4, -0.2) is 16.7 Å². The number of benzene rings is 1. The molecule has 2 atom stereocenters. The maximum Gasteiger partial charge on any atom is 0.180 e. The number of aliphatic hydroxyl groups excluding tert-OH is 1. The van der Waals surface area contributed by atoms with Crippen molar-refractivity contribution in [3.05, 3.63) is 53.7 Å². The van der Waals surface area contributed by atoms with Crippen LogP contribution in [-0.2, 0) is 0 Å². The molecule has 0 fully saturated rings. The lowest BCUT2D eigenvalue weighted by Gasteiger charge is -2.19. The Morgan fingerprint density at radius 3 is 2.75 bits per heavy atom. The molecule has 1 N–H and O–H groups in total. The summed E-state index contributed by atoms with van der Waals surface area (Å²) in [6.45, 7) is -0.188. The van der Waals surface area contributed by atoms with E-state index in [4.69, 9.17) is 9.52 Å². The van der Waals surface area contributed by atoms with E-state index in [2.05, 4.69) is 4.98 Å². The van der Waals surface area contributed by atoms with Crippen molar-refractivity contribution >= 4 is 0 Å². The zero-order valence-electron chi connectivity index (χ0n) is 10.5. The molecule has 2 rings (SSSR count). The van der Waals surface area contributed by atoms with E-state index in [1.54, 1.807) is 0 Å². The highest BCUT2D eigenvalue weighted by Crippen LogP contribution is 2.36. The zero-order valence-corrected chi connectivity index (χ0v) is 10.5.